The minimum absolute atomic E-state index is 0.341. The largest absolute Gasteiger partial charge is 0.0653 e. The first-order valence-electron chi connectivity index (χ1n) is 12.3. The van der Waals surface area contributed by atoms with E-state index in [0.29, 0.717) is 0 Å². The lowest BCUT2D eigenvalue weighted by molar-refractivity contribution is 0.803. The Hall–Kier alpha value is -4.42. The first kappa shape index (κ1) is 18.9. The molecule has 0 N–H and O–H groups in total. The van der Waals surface area contributed by atoms with Crippen molar-refractivity contribution in [3.8, 4) is 22.3 Å². The van der Waals surface area contributed by atoms with Gasteiger partial charge in [0.05, 0.1) is 5.41 Å². The van der Waals surface area contributed by atoms with Gasteiger partial charge in [0.15, 0.2) is 0 Å². The highest BCUT2D eigenvalue weighted by atomic mass is 14.4. The first-order chi connectivity index (χ1) is 17.3. The van der Waals surface area contributed by atoms with Crippen molar-refractivity contribution in [1.29, 1.82) is 0 Å². The molecular weight excluding hydrogens is 420 g/mol. The highest BCUT2D eigenvalue weighted by Gasteiger charge is 2.43. The number of hydrogen-bond donors (Lipinski definition) is 0. The van der Waals surface area contributed by atoms with Crippen LogP contribution in [-0.2, 0) is 5.41 Å². The molecule has 0 heteroatoms. The molecule has 0 saturated heterocycles. The third-order valence-electron chi connectivity index (χ3n) is 8.06. The molecule has 0 heterocycles. The van der Waals surface area contributed by atoms with Gasteiger partial charge in [0.25, 0.3) is 0 Å². The maximum Gasteiger partial charge on any atom is 0.0653 e. The lowest BCUT2D eigenvalue weighted by Gasteiger charge is -2.33. The lowest BCUT2D eigenvalue weighted by atomic mass is 9.68. The molecule has 0 unspecified atom stereocenters. The van der Waals surface area contributed by atoms with Gasteiger partial charge in [0.1, 0.15) is 0 Å². The average molecular weight is 443 g/mol. The van der Waals surface area contributed by atoms with E-state index in [2.05, 4.69) is 133 Å². The summed E-state index contributed by atoms with van der Waals surface area (Å²) in [4.78, 5) is 0. The normalized spacial score (nSPS) is 14.4. The fourth-order valence-corrected chi connectivity index (χ4v) is 6.55. The summed E-state index contributed by atoms with van der Waals surface area (Å²) < 4.78 is 0. The molecule has 0 saturated carbocycles. The van der Waals surface area contributed by atoms with Gasteiger partial charge < -0.3 is 0 Å². The number of fused-ring (bicyclic) bond motifs is 12. The highest BCUT2D eigenvalue weighted by molar-refractivity contribution is 6.09. The van der Waals surface area contributed by atoms with Crippen LogP contribution in [0.5, 0.6) is 0 Å². The summed E-state index contributed by atoms with van der Waals surface area (Å²) in [6.45, 7) is 0. The fourth-order valence-electron chi connectivity index (χ4n) is 6.55. The summed E-state index contributed by atoms with van der Waals surface area (Å²) >= 11 is 0. The van der Waals surface area contributed by atoms with E-state index in [1.165, 1.54) is 66.1 Å². The smallest absolute Gasteiger partial charge is 0.0645 e. The number of hydrogen-bond acceptors (Lipinski definition) is 0. The van der Waals surface area contributed by atoms with Crippen molar-refractivity contribution in [2.75, 3.05) is 0 Å². The minimum Gasteiger partial charge on any atom is -0.0645 e. The second-order valence-electron chi connectivity index (χ2n) is 9.73. The number of rotatable bonds is 0. The second kappa shape index (κ2) is 6.81. The van der Waals surface area contributed by atoms with Gasteiger partial charge >= 0.3 is 0 Å². The van der Waals surface area contributed by atoms with E-state index in [9.17, 15) is 0 Å². The van der Waals surface area contributed by atoms with Gasteiger partial charge in [-0.25, -0.2) is 0 Å². The van der Waals surface area contributed by atoms with Crippen LogP contribution in [0.15, 0.2) is 127 Å². The van der Waals surface area contributed by atoms with E-state index >= 15 is 0 Å². The Morgan fingerprint density at radius 1 is 0.400 bits per heavy atom. The Labute approximate surface area is 204 Å². The molecule has 0 amide bonds. The molecule has 0 aromatic heterocycles. The highest BCUT2D eigenvalue weighted by Crippen LogP contribution is 2.55. The molecule has 0 nitrogen and oxygen atoms in total. The quantitative estimate of drug-likeness (QED) is 0.206. The topological polar surface area (TPSA) is 0 Å². The molecule has 0 radical (unpaired) electrons. The summed E-state index contributed by atoms with van der Waals surface area (Å²) in [5, 5.41) is 5.21. The van der Waals surface area contributed by atoms with Crippen LogP contribution in [-0.4, -0.2) is 0 Å². The Kier molecular flexibility index (Phi) is 3.68. The zero-order chi connectivity index (χ0) is 23.0. The van der Waals surface area contributed by atoms with Gasteiger partial charge in [-0.2, -0.15) is 0 Å². The van der Waals surface area contributed by atoms with E-state index in [4.69, 9.17) is 0 Å². The van der Waals surface area contributed by atoms with Crippen LogP contribution in [0.1, 0.15) is 22.3 Å². The van der Waals surface area contributed by atoms with Crippen molar-refractivity contribution in [2.24, 2.45) is 0 Å². The van der Waals surface area contributed by atoms with Crippen LogP contribution in [0.3, 0.4) is 0 Å². The van der Waals surface area contributed by atoms with E-state index in [-0.39, 0.29) is 5.41 Å². The molecule has 0 bridgehead atoms. The first-order valence-corrected chi connectivity index (χ1v) is 12.3. The fraction of sp³-hybridized carbons (Fsp3) is 0.0286. The summed E-state index contributed by atoms with van der Waals surface area (Å²) in [7, 11) is 0. The Bertz CT molecular complexity index is 1780. The van der Waals surface area contributed by atoms with E-state index in [0.717, 1.165) is 0 Å². The number of benzene rings is 6. The summed E-state index contributed by atoms with van der Waals surface area (Å²) in [5.41, 5.74) is 10.3. The molecule has 162 valence electrons. The van der Waals surface area contributed by atoms with Gasteiger partial charge in [-0.15, -0.1) is 0 Å². The van der Waals surface area contributed by atoms with Crippen LogP contribution < -0.4 is 0 Å². The predicted molar refractivity (Wildman–Crippen MR) is 148 cm³/mol. The molecular formula is C35H22. The van der Waals surface area contributed by atoms with Gasteiger partial charge in [0.2, 0.25) is 0 Å². The summed E-state index contributed by atoms with van der Waals surface area (Å²) in [5.74, 6) is 0. The Morgan fingerprint density at radius 3 is 1.69 bits per heavy atom. The van der Waals surface area contributed by atoms with Gasteiger partial charge in [-0.05, 0) is 78.2 Å². The molecule has 8 rings (SSSR count). The minimum atomic E-state index is -0.341. The van der Waals surface area contributed by atoms with Crippen molar-refractivity contribution >= 4 is 27.6 Å². The standard InChI is InChI=1S/C35H22/c1-2-10-26-23(9-1)17-18-24-21-25-19-20-35(34(25)22-31(24)26)32-15-7-5-13-29(32)27-11-3-4-12-28(27)30-14-6-8-16-33(30)35/h1-22H. The van der Waals surface area contributed by atoms with Crippen molar-refractivity contribution in [1.82, 2.24) is 0 Å². The zero-order valence-corrected chi connectivity index (χ0v) is 19.2. The molecule has 2 aliphatic rings. The van der Waals surface area contributed by atoms with E-state index < -0.39 is 0 Å². The van der Waals surface area contributed by atoms with Crippen molar-refractivity contribution in [2.45, 2.75) is 5.41 Å². The third kappa shape index (κ3) is 2.41. The average Bonchev–Trinajstić information content (AvgIpc) is 3.26. The van der Waals surface area contributed by atoms with Crippen LogP contribution in [0.25, 0.3) is 49.9 Å². The van der Waals surface area contributed by atoms with Gasteiger partial charge in [-0.1, -0.05) is 121 Å². The maximum absolute atomic E-state index is 2.47. The van der Waals surface area contributed by atoms with Crippen molar-refractivity contribution in [3.05, 3.63) is 150 Å². The molecule has 6 aromatic rings. The Morgan fingerprint density at radius 2 is 0.971 bits per heavy atom. The molecule has 0 atom stereocenters. The maximum atomic E-state index is 2.47. The second-order valence-corrected chi connectivity index (χ2v) is 9.73. The van der Waals surface area contributed by atoms with E-state index in [1.54, 1.807) is 0 Å². The molecule has 0 aliphatic heterocycles. The van der Waals surface area contributed by atoms with Crippen LogP contribution in [0.2, 0.25) is 0 Å². The monoisotopic (exact) mass is 442 g/mol. The summed E-state index contributed by atoms with van der Waals surface area (Å²) in [6, 6.07) is 45.0. The zero-order valence-electron chi connectivity index (χ0n) is 19.2. The van der Waals surface area contributed by atoms with E-state index in [1.807, 2.05) is 0 Å². The van der Waals surface area contributed by atoms with Crippen molar-refractivity contribution in [3.63, 3.8) is 0 Å². The number of allylic oxidation sites excluding steroid dienone is 1. The predicted octanol–water partition coefficient (Wildman–Crippen LogP) is 9.00. The van der Waals surface area contributed by atoms with Crippen LogP contribution in [0, 0.1) is 0 Å². The van der Waals surface area contributed by atoms with Gasteiger partial charge in [0, 0.05) is 0 Å². The van der Waals surface area contributed by atoms with Gasteiger partial charge in [-0.3, -0.25) is 0 Å². The Balaban J connectivity index is 1.56. The van der Waals surface area contributed by atoms with Crippen LogP contribution >= 0.6 is 0 Å². The van der Waals surface area contributed by atoms with Crippen molar-refractivity contribution < 1.29 is 0 Å². The molecule has 0 fully saturated rings. The molecule has 6 aromatic carbocycles. The SMILES string of the molecule is C1=CC2(c3cc4c(ccc5ccccc54)cc31)c1ccccc1-c1ccccc1-c1ccccc12. The molecule has 1 spiro atoms. The molecule has 2 aliphatic carbocycles. The third-order valence-corrected chi connectivity index (χ3v) is 8.06. The summed E-state index contributed by atoms with van der Waals surface area (Å²) in [6.07, 6.45) is 4.79. The lowest BCUT2D eigenvalue weighted by Crippen LogP contribution is -2.26. The molecule has 35 heavy (non-hydrogen) atoms. The van der Waals surface area contributed by atoms with Crippen LogP contribution in [0.4, 0.5) is 0 Å².